The quantitative estimate of drug-likeness (QED) is 0.715. The number of carbonyl (C=O) groups excluding carboxylic acids is 1. The van der Waals surface area contributed by atoms with Crippen LogP contribution in [0.4, 0.5) is 14.5 Å². The molecule has 6 heteroatoms. The maximum absolute atomic E-state index is 12.5. The lowest BCUT2D eigenvalue weighted by Gasteiger charge is -2.24. The van der Waals surface area contributed by atoms with E-state index in [0.717, 1.165) is 5.56 Å². The molecule has 0 aliphatic carbocycles. The van der Waals surface area contributed by atoms with E-state index in [0.29, 0.717) is 12.5 Å². The molecule has 0 spiro atoms. The van der Waals surface area contributed by atoms with Crippen LogP contribution < -0.4 is 10.1 Å². The molecule has 0 aliphatic rings. The van der Waals surface area contributed by atoms with Crippen molar-refractivity contribution in [3.05, 3.63) is 59.7 Å². The monoisotopic (exact) mass is 376 g/mol. The van der Waals surface area contributed by atoms with Gasteiger partial charge in [0.1, 0.15) is 5.75 Å². The number of hydrogen-bond donors (Lipinski definition) is 1. The number of nitrogens with zero attached hydrogens (tertiary/aromatic N) is 1. The largest absolute Gasteiger partial charge is 0.433 e. The molecule has 1 atom stereocenters. The highest BCUT2D eigenvalue weighted by molar-refractivity contribution is 5.95. The number of likely N-dealkylation sites (N-methyl/N-ethyl adjacent to an activating group) is 1. The minimum atomic E-state index is -2.95. The Hall–Kier alpha value is -2.47. The van der Waals surface area contributed by atoms with Crippen molar-refractivity contribution in [1.29, 1.82) is 0 Å². The van der Waals surface area contributed by atoms with E-state index < -0.39 is 12.7 Å². The van der Waals surface area contributed by atoms with Gasteiger partial charge in [-0.2, -0.15) is 8.78 Å². The Balaban J connectivity index is 2.00. The number of para-hydroxylation sites is 2. The molecular formula is C21H26F2N2O2. The second-order valence-corrected chi connectivity index (χ2v) is 6.85. The van der Waals surface area contributed by atoms with Gasteiger partial charge in [-0.25, -0.2) is 0 Å². The predicted octanol–water partition coefficient (Wildman–Crippen LogP) is 4.87. The van der Waals surface area contributed by atoms with E-state index >= 15 is 0 Å². The first-order chi connectivity index (χ1) is 12.8. The number of amides is 1. The van der Waals surface area contributed by atoms with Crippen LogP contribution in [0.3, 0.4) is 0 Å². The van der Waals surface area contributed by atoms with Crippen LogP contribution in [-0.2, 0) is 11.3 Å². The molecule has 0 saturated carbocycles. The van der Waals surface area contributed by atoms with Gasteiger partial charge in [-0.1, -0.05) is 50.2 Å². The molecule has 0 radical (unpaired) electrons. The van der Waals surface area contributed by atoms with Gasteiger partial charge in [0, 0.05) is 6.54 Å². The van der Waals surface area contributed by atoms with Crippen LogP contribution in [0.15, 0.2) is 48.5 Å². The molecule has 2 rings (SSSR count). The lowest BCUT2D eigenvalue weighted by molar-refractivity contribution is -0.120. The molecule has 2 aromatic rings. The minimum absolute atomic E-state index is 0.0556. The van der Waals surface area contributed by atoms with Crippen molar-refractivity contribution >= 4 is 11.6 Å². The lowest BCUT2D eigenvalue weighted by Crippen LogP contribution is -2.39. The van der Waals surface area contributed by atoms with Crippen LogP contribution in [0.25, 0.3) is 0 Å². The van der Waals surface area contributed by atoms with Crippen LogP contribution in [0, 0.1) is 0 Å². The summed E-state index contributed by atoms with van der Waals surface area (Å²) < 4.78 is 29.5. The van der Waals surface area contributed by atoms with E-state index in [2.05, 4.69) is 48.2 Å². The molecule has 1 amide bonds. The molecule has 1 N–H and O–H groups in total. The van der Waals surface area contributed by atoms with E-state index in [9.17, 15) is 13.6 Å². The van der Waals surface area contributed by atoms with Gasteiger partial charge < -0.3 is 10.1 Å². The summed E-state index contributed by atoms with van der Waals surface area (Å²) in [5, 5.41) is 2.67. The Bertz CT molecular complexity index is 748. The maximum Gasteiger partial charge on any atom is 0.387 e. The first kappa shape index (κ1) is 20.8. The van der Waals surface area contributed by atoms with Crippen LogP contribution in [0.5, 0.6) is 5.75 Å². The summed E-state index contributed by atoms with van der Waals surface area (Å²) in [6.07, 6.45) is 0. The van der Waals surface area contributed by atoms with Gasteiger partial charge in [-0.05, 0) is 43.1 Å². The van der Waals surface area contributed by atoms with Crippen LogP contribution >= 0.6 is 0 Å². The van der Waals surface area contributed by atoms with Crippen molar-refractivity contribution in [2.24, 2.45) is 0 Å². The average molecular weight is 376 g/mol. The van der Waals surface area contributed by atoms with Crippen molar-refractivity contribution in [2.75, 3.05) is 12.4 Å². The smallest absolute Gasteiger partial charge is 0.387 e. The second kappa shape index (κ2) is 9.46. The number of nitrogens with one attached hydrogen (secondary N) is 1. The second-order valence-electron chi connectivity index (χ2n) is 6.85. The summed E-state index contributed by atoms with van der Waals surface area (Å²) in [6, 6.07) is 14.0. The Morgan fingerprint density at radius 1 is 1.07 bits per heavy atom. The molecule has 0 fully saturated rings. The van der Waals surface area contributed by atoms with Crippen molar-refractivity contribution in [3.63, 3.8) is 0 Å². The molecule has 0 heterocycles. The third kappa shape index (κ3) is 6.03. The van der Waals surface area contributed by atoms with Crippen molar-refractivity contribution in [3.8, 4) is 5.75 Å². The van der Waals surface area contributed by atoms with E-state index in [1.165, 1.54) is 17.7 Å². The SMILES string of the molecule is CC(C)c1ccc(CN(C)C(C)C(=O)Nc2ccccc2OC(F)F)cc1. The standard InChI is InChI=1S/C21H26F2N2O2/c1-14(2)17-11-9-16(10-12-17)13-25(4)15(3)20(26)24-18-7-5-6-8-19(18)27-21(22)23/h5-12,14-15,21H,13H2,1-4H3,(H,24,26). The number of carbonyl (C=O) groups is 1. The van der Waals surface area contributed by atoms with E-state index in [-0.39, 0.29) is 17.3 Å². The zero-order chi connectivity index (χ0) is 20.0. The van der Waals surface area contributed by atoms with E-state index in [1.807, 2.05) is 11.9 Å². The van der Waals surface area contributed by atoms with E-state index in [1.54, 1.807) is 19.1 Å². The summed E-state index contributed by atoms with van der Waals surface area (Å²) in [7, 11) is 1.85. The first-order valence-corrected chi connectivity index (χ1v) is 8.91. The molecule has 27 heavy (non-hydrogen) atoms. The first-order valence-electron chi connectivity index (χ1n) is 8.91. The Morgan fingerprint density at radius 3 is 2.30 bits per heavy atom. The summed E-state index contributed by atoms with van der Waals surface area (Å²) in [4.78, 5) is 14.4. The van der Waals surface area contributed by atoms with Crippen LogP contribution in [-0.4, -0.2) is 30.5 Å². The Morgan fingerprint density at radius 2 is 1.70 bits per heavy atom. The molecule has 2 aromatic carbocycles. The van der Waals surface area contributed by atoms with Crippen molar-refractivity contribution in [2.45, 2.75) is 45.9 Å². The number of halogens is 2. The highest BCUT2D eigenvalue weighted by Crippen LogP contribution is 2.26. The predicted molar refractivity (Wildman–Crippen MR) is 103 cm³/mol. The fourth-order valence-electron chi connectivity index (χ4n) is 2.64. The van der Waals surface area contributed by atoms with Gasteiger partial charge in [0.15, 0.2) is 0 Å². The summed E-state index contributed by atoms with van der Waals surface area (Å²) in [6.45, 7) is 3.71. The van der Waals surface area contributed by atoms with Crippen molar-refractivity contribution < 1.29 is 18.3 Å². The highest BCUT2D eigenvalue weighted by Gasteiger charge is 2.20. The number of ether oxygens (including phenoxy) is 1. The van der Waals surface area contributed by atoms with Crippen molar-refractivity contribution in [1.82, 2.24) is 4.90 Å². The summed E-state index contributed by atoms with van der Waals surface area (Å²) >= 11 is 0. The third-order valence-corrected chi connectivity index (χ3v) is 4.48. The number of benzene rings is 2. The van der Waals surface area contributed by atoms with Gasteiger partial charge in [-0.3, -0.25) is 9.69 Å². The molecule has 0 aliphatic heterocycles. The maximum atomic E-state index is 12.5. The zero-order valence-corrected chi connectivity index (χ0v) is 16.1. The van der Waals surface area contributed by atoms with Gasteiger partial charge >= 0.3 is 6.61 Å². The molecule has 4 nitrogen and oxygen atoms in total. The zero-order valence-electron chi connectivity index (χ0n) is 16.1. The van der Waals surface area contributed by atoms with E-state index in [4.69, 9.17) is 0 Å². The molecular weight excluding hydrogens is 350 g/mol. The van der Waals surface area contributed by atoms with Gasteiger partial charge in [-0.15, -0.1) is 0 Å². The number of rotatable bonds is 8. The molecule has 0 saturated heterocycles. The Labute approximate surface area is 159 Å². The highest BCUT2D eigenvalue weighted by atomic mass is 19.3. The summed E-state index contributed by atoms with van der Waals surface area (Å²) in [5.41, 5.74) is 2.59. The third-order valence-electron chi connectivity index (χ3n) is 4.48. The van der Waals surface area contributed by atoms with Gasteiger partial charge in [0.25, 0.3) is 0 Å². The Kier molecular flexibility index (Phi) is 7.30. The van der Waals surface area contributed by atoms with Crippen LogP contribution in [0.2, 0.25) is 0 Å². The normalized spacial score (nSPS) is 12.5. The molecule has 0 aromatic heterocycles. The number of alkyl halides is 2. The summed E-state index contributed by atoms with van der Waals surface area (Å²) in [5.74, 6) is 0.124. The van der Waals surface area contributed by atoms with Crippen LogP contribution in [0.1, 0.15) is 37.8 Å². The molecule has 1 unspecified atom stereocenters. The molecule has 146 valence electrons. The fraction of sp³-hybridized carbons (Fsp3) is 0.381. The number of anilines is 1. The fourth-order valence-corrected chi connectivity index (χ4v) is 2.64. The average Bonchev–Trinajstić information content (AvgIpc) is 2.62. The van der Waals surface area contributed by atoms with Gasteiger partial charge in [0.2, 0.25) is 5.91 Å². The lowest BCUT2D eigenvalue weighted by atomic mass is 10.0. The van der Waals surface area contributed by atoms with Gasteiger partial charge in [0.05, 0.1) is 11.7 Å². The molecule has 0 bridgehead atoms. The number of hydrogen-bond acceptors (Lipinski definition) is 3. The minimum Gasteiger partial charge on any atom is -0.433 e. The topological polar surface area (TPSA) is 41.6 Å².